The van der Waals surface area contributed by atoms with Crippen LogP contribution in [0.25, 0.3) is 0 Å². The van der Waals surface area contributed by atoms with E-state index in [1.54, 1.807) is 0 Å². The van der Waals surface area contributed by atoms with E-state index < -0.39 is 0 Å². The highest BCUT2D eigenvalue weighted by atomic mass is 16.5. The van der Waals surface area contributed by atoms with Crippen molar-refractivity contribution < 1.29 is 9.53 Å². The Morgan fingerprint density at radius 2 is 1.23 bits per heavy atom. The van der Waals surface area contributed by atoms with Gasteiger partial charge in [0, 0.05) is 26.1 Å². The maximum Gasteiger partial charge on any atom is 0.306 e. The first-order chi connectivity index (χ1) is 14.7. The predicted octanol–water partition coefficient (Wildman–Crippen LogP) is 5.25. The van der Waals surface area contributed by atoms with Gasteiger partial charge < -0.3 is 4.74 Å². The monoisotopic (exact) mass is 399 g/mol. The molecule has 0 aromatic heterocycles. The number of nitrogens with zero attached hydrogens (tertiary/aromatic N) is 1. The fraction of sp³-hybridized carbons (Fsp3) is 0.296. The molecule has 0 spiro atoms. The smallest absolute Gasteiger partial charge is 0.306 e. The van der Waals surface area contributed by atoms with E-state index in [9.17, 15) is 4.79 Å². The number of carbonyl (C=O) groups is 1. The normalized spacial score (nSPS) is 18.9. The van der Waals surface area contributed by atoms with Gasteiger partial charge in [-0.1, -0.05) is 91.0 Å². The molecule has 3 aromatic carbocycles. The summed E-state index contributed by atoms with van der Waals surface area (Å²) in [6.45, 7) is 2.43. The summed E-state index contributed by atoms with van der Waals surface area (Å²) < 4.78 is 5.78. The minimum Gasteiger partial charge on any atom is -0.461 e. The van der Waals surface area contributed by atoms with Gasteiger partial charge in [0.25, 0.3) is 0 Å². The van der Waals surface area contributed by atoms with E-state index in [4.69, 9.17) is 4.74 Å². The van der Waals surface area contributed by atoms with E-state index in [0.717, 1.165) is 32.5 Å². The van der Waals surface area contributed by atoms with Crippen LogP contribution < -0.4 is 0 Å². The van der Waals surface area contributed by atoms with Crippen molar-refractivity contribution in [1.29, 1.82) is 0 Å². The van der Waals surface area contributed by atoms with Crippen LogP contribution in [0.5, 0.6) is 0 Å². The molecule has 0 radical (unpaired) electrons. The Balaban J connectivity index is 1.44. The van der Waals surface area contributed by atoms with Crippen molar-refractivity contribution in [2.75, 3.05) is 6.54 Å². The quantitative estimate of drug-likeness (QED) is 0.484. The maximum atomic E-state index is 12.3. The van der Waals surface area contributed by atoms with Crippen molar-refractivity contribution in [3.8, 4) is 0 Å². The third kappa shape index (κ3) is 6.04. The lowest BCUT2D eigenvalue weighted by Gasteiger charge is -2.33. The first-order valence-corrected chi connectivity index (χ1v) is 10.8. The molecular weight excluding hydrogens is 370 g/mol. The average molecular weight is 400 g/mol. The van der Waals surface area contributed by atoms with Crippen LogP contribution in [-0.4, -0.2) is 23.5 Å². The van der Waals surface area contributed by atoms with Crippen molar-refractivity contribution in [1.82, 2.24) is 4.90 Å². The minimum absolute atomic E-state index is 0.0626. The van der Waals surface area contributed by atoms with Crippen molar-refractivity contribution in [2.45, 2.75) is 38.5 Å². The molecule has 1 aliphatic heterocycles. The Hall–Kier alpha value is -2.91. The van der Waals surface area contributed by atoms with Crippen molar-refractivity contribution in [3.05, 3.63) is 108 Å². The Labute approximate surface area is 179 Å². The van der Waals surface area contributed by atoms with Gasteiger partial charge >= 0.3 is 5.97 Å². The summed E-state index contributed by atoms with van der Waals surface area (Å²) in [6.07, 6.45) is 2.31. The van der Waals surface area contributed by atoms with Gasteiger partial charge in [0.1, 0.15) is 6.10 Å². The van der Waals surface area contributed by atoms with Crippen molar-refractivity contribution >= 4 is 5.97 Å². The zero-order chi connectivity index (χ0) is 20.6. The fourth-order valence-electron chi connectivity index (χ4n) is 4.34. The van der Waals surface area contributed by atoms with Gasteiger partial charge in [0.05, 0.1) is 0 Å². The number of cyclic esters (lactones) is 1. The summed E-state index contributed by atoms with van der Waals surface area (Å²) in [6, 6.07) is 31.5. The number of hydrogen-bond acceptors (Lipinski definition) is 3. The molecule has 0 bridgehead atoms. The highest BCUT2D eigenvalue weighted by molar-refractivity contribution is 5.70. The van der Waals surface area contributed by atoms with Gasteiger partial charge in [-0.25, -0.2) is 0 Å². The molecule has 1 saturated heterocycles. The summed E-state index contributed by atoms with van der Waals surface area (Å²) in [5.74, 6) is 0.278. The summed E-state index contributed by atoms with van der Waals surface area (Å²) in [4.78, 5) is 14.7. The molecule has 0 amide bonds. The van der Waals surface area contributed by atoms with E-state index in [0.29, 0.717) is 12.3 Å². The minimum atomic E-state index is -0.0634. The predicted molar refractivity (Wildman–Crippen MR) is 120 cm³/mol. The lowest BCUT2D eigenvalue weighted by molar-refractivity contribution is -0.158. The van der Waals surface area contributed by atoms with E-state index in [1.165, 1.54) is 16.7 Å². The lowest BCUT2D eigenvalue weighted by atomic mass is 9.89. The second-order valence-electron chi connectivity index (χ2n) is 8.25. The molecule has 2 unspecified atom stereocenters. The lowest BCUT2D eigenvalue weighted by Crippen LogP contribution is -2.39. The largest absolute Gasteiger partial charge is 0.461 e. The molecule has 4 rings (SSSR count). The van der Waals surface area contributed by atoms with Gasteiger partial charge in [-0.2, -0.15) is 0 Å². The zero-order valence-corrected chi connectivity index (χ0v) is 17.3. The summed E-state index contributed by atoms with van der Waals surface area (Å²) >= 11 is 0. The summed E-state index contributed by atoms with van der Waals surface area (Å²) in [5, 5.41) is 0. The SMILES string of the molecule is O=C1CC(Cc2ccccc2)CC(CN(Cc2ccccc2)Cc2ccccc2)O1. The molecule has 1 heterocycles. The number of carbonyl (C=O) groups excluding carboxylic acids is 1. The van der Waals surface area contributed by atoms with Crippen LogP contribution in [-0.2, 0) is 29.0 Å². The van der Waals surface area contributed by atoms with Crippen LogP contribution in [0.1, 0.15) is 29.5 Å². The maximum absolute atomic E-state index is 12.3. The molecule has 1 fully saturated rings. The van der Waals surface area contributed by atoms with E-state index in [1.807, 2.05) is 18.2 Å². The third-order valence-electron chi connectivity index (χ3n) is 5.68. The number of esters is 1. The molecule has 0 saturated carbocycles. The number of rotatable bonds is 8. The van der Waals surface area contributed by atoms with E-state index in [2.05, 4.69) is 77.7 Å². The molecule has 3 heteroatoms. The van der Waals surface area contributed by atoms with Crippen LogP contribution >= 0.6 is 0 Å². The molecule has 3 aromatic rings. The highest BCUT2D eigenvalue weighted by Crippen LogP contribution is 2.26. The Morgan fingerprint density at radius 3 is 1.77 bits per heavy atom. The molecule has 154 valence electrons. The molecule has 3 nitrogen and oxygen atoms in total. The van der Waals surface area contributed by atoms with Gasteiger partial charge in [-0.15, -0.1) is 0 Å². The number of ether oxygens (including phenoxy) is 1. The van der Waals surface area contributed by atoms with Gasteiger partial charge in [-0.05, 0) is 35.4 Å². The van der Waals surface area contributed by atoms with E-state index >= 15 is 0 Å². The fourth-order valence-corrected chi connectivity index (χ4v) is 4.34. The van der Waals surface area contributed by atoms with Crippen molar-refractivity contribution in [2.24, 2.45) is 5.92 Å². The zero-order valence-electron chi connectivity index (χ0n) is 17.3. The molecular formula is C27H29NO2. The van der Waals surface area contributed by atoms with E-state index in [-0.39, 0.29) is 12.1 Å². The Kier molecular flexibility index (Phi) is 6.94. The molecule has 0 N–H and O–H groups in total. The third-order valence-corrected chi connectivity index (χ3v) is 5.68. The molecule has 2 atom stereocenters. The van der Waals surface area contributed by atoms with Crippen LogP contribution in [0.15, 0.2) is 91.0 Å². The average Bonchev–Trinajstić information content (AvgIpc) is 2.75. The van der Waals surface area contributed by atoms with Crippen LogP contribution in [0.2, 0.25) is 0 Å². The highest BCUT2D eigenvalue weighted by Gasteiger charge is 2.30. The second-order valence-corrected chi connectivity index (χ2v) is 8.25. The van der Waals surface area contributed by atoms with Crippen LogP contribution in [0.4, 0.5) is 0 Å². The molecule has 30 heavy (non-hydrogen) atoms. The standard InChI is InChI=1S/C27H29NO2/c29-27-18-25(16-22-10-4-1-5-11-22)17-26(30-27)21-28(19-23-12-6-2-7-13-23)20-24-14-8-3-9-15-24/h1-15,25-26H,16-21H2. The topological polar surface area (TPSA) is 29.5 Å². The number of benzene rings is 3. The van der Waals surface area contributed by atoms with Crippen LogP contribution in [0, 0.1) is 5.92 Å². The Morgan fingerprint density at radius 1 is 0.733 bits per heavy atom. The summed E-state index contributed by atoms with van der Waals surface area (Å²) in [5.41, 5.74) is 3.84. The second kappa shape index (κ2) is 10.2. The molecule has 1 aliphatic rings. The first kappa shape index (κ1) is 20.4. The van der Waals surface area contributed by atoms with Gasteiger partial charge in [-0.3, -0.25) is 9.69 Å². The first-order valence-electron chi connectivity index (χ1n) is 10.8. The van der Waals surface area contributed by atoms with Crippen LogP contribution in [0.3, 0.4) is 0 Å². The molecule has 0 aliphatic carbocycles. The summed E-state index contributed by atoms with van der Waals surface area (Å²) in [7, 11) is 0. The Bertz CT molecular complexity index is 870. The van der Waals surface area contributed by atoms with Gasteiger partial charge in [0.2, 0.25) is 0 Å². The van der Waals surface area contributed by atoms with Crippen molar-refractivity contribution in [3.63, 3.8) is 0 Å². The number of hydrogen-bond donors (Lipinski definition) is 0. The van der Waals surface area contributed by atoms with Gasteiger partial charge in [0.15, 0.2) is 0 Å².